The summed E-state index contributed by atoms with van der Waals surface area (Å²) in [6, 6.07) is 2.64. The van der Waals surface area contributed by atoms with Crippen molar-refractivity contribution in [3.05, 3.63) is 36.5 Å². The second-order valence-corrected chi connectivity index (χ2v) is 6.66. The van der Waals surface area contributed by atoms with Crippen LogP contribution in [0.2, 0.25) is 0 Å². The molecule has 0 bridgehead atoms. The van der Waals surface area contributed by atoms with Crippen molar-refractivity contribution in [2.45, 2.75) is 44.2 Å². The van der Waals surface area contributed by atoms with Gasteiger partial charge in [-0.15, -0.1) is 0 Å². The second-order valence-electron chi connectivity index (χ2n) is 6.66. The molecule has 8 heteroatoms. The monoisotopic (exact) mass is 341 g/mol. The van der Waals surface area contributed by atoms with Crippen molar-refractivity contribution in [3.63, 3.8) is 0 Å². The number of carboxylic acid groups (broad SMARTS) is 1. The van der Waals surface area contributed by atoms with Crippen LogP contribution < -0.4 is 0 Å². The molecule has 3 heterocycles. The van der Waals surface area contributed by atoms with Gasteiger partial charge >= 0.3 is 5.97 Å². The summed E-state index contributed by atoms with van der Waals surface area (Å²) in [4.78, 5) is 34.4. The molecule has 8 nitrogen and oxygen atoms in total. The number of hydrogen-bond donors (Lipinski definition) is 1. The highest BCUT2D eigenvalue weighted by molar-refractivity contribution is 5.97. The van der Waals surface area contributed by atoms with Crippen LogP contribution in [0.25, 0.3) is 5.82 Å². The molecule has 2 aromatic rings. The zero-order chi connectivity index (χ0) is 17.4. The van der Waals surface area contributed by atoms with E-state index in [0.29, 0.717) is 23.7 Å². The maximum atomic E-state index is 13.0. The molecule has 0 spiro atoms. The van der Waals surface area contributed by atoms with Gasteiger partial charge in [0.25, 0.3) is 5.91 Å². The fourth-order valence-corrected chi connectivity index (χ4v) is 4.10. The number of pyridine rings is 1. The van der Waals surface area contributed by atoms with E-state index in [-0.39, 0.29) is 11.9 Å². The van der Waals surface area contributed by atoms with Crippen molar-refractivity contribution >= 4 is 11.9 Å². The molecule has 25 heavy (non-hydrogen) atoms. The SMILES string of the molecule is O=C(O)[C@@H]1C[C@@H]2CCCC[C@@H]2N1C(=O)c1ccc(-n2cncn2)nc1. The Balaban J connectivity index is 1.61. The Morgan fingerprint density at radius 2 is 2.04 bits per heavy atom. The lowest BCUT2D eigenvalue weighted by Crippen LogP contribution is -2.46. The molecule has 0 unspecified atom stereocenters. The van der Waals surface area contributed by atoms with Gasteiger partial charge in [0.15, 0.2) is 5.82 Å². The third-order valence-electron chi connectivity index (χ3n) is 5.26. The Labute approximate surface area is 144 Å². The highest BCUT2D eigenvalue weighted by Crippen LogP contribution is 2.40. The minimum atomic E-state index is -0.921. The summed E-state index contributed by atoms with van der Waals surface area (Å²) in [5, 5.41) is 13.6. The molecule has 130 valence electrons. The summed E-state index contributed by atoms with van der Waals surface area (Å²) < 4.78 is 1.50. The molecule has 1 saturated heterocycles. The van der Waals surface area contributed by atoms with Crippen LogP contribution in [-0.4, -0.2) is 53.7 Å². The van der Waals surface area contributed by atoms with E-state index in [0.717, 1.165) is 25.7 Å². The number of carboxylic acids is 1. The van der Waals surface area contributed by atoms with Gasteiger partial charge in [-0.05, 0) is 37.3 Å². The maximum Gasteiger partial charge on any atom is 0.326 e. The Kier molecular flexibility index (Phi) is 3.95. The molecule has 1 aliphatic heterocycles. The average molecular weight is 341 g/mol. The fourth-order valence-electron chi connectivity index (χ4n) is 4.10. The van der Waals surface area contributed by atoms with Crippen LogP contribution in [0.1, 0.15) is 42.5 Å². The van der Waals surface area contributed by atoms with Gasteiger partial charge < -0.3 is 10.0 Å². The number of likely N-dealkylation sites (tertiary alicyclic amines) is 1. The average Bonchev–Trinajstić information content (AvgIpc) is 3.29. The number of aromatic nitrogens is 4. The van der Waals surface area contributed by atoms with Crippen molar-refractivity contribution in [3.8, 4) is 5.82 Å². The van der Waals surface area contributed by atoms with Gasteiger partial charge in [-0.25, -0.2) is 19.4 Å². The van der Waals surface area contributed by atoms with Crippen LogP contribution in [0.4, 0.5) is 0 Å². The lowest BCUT2D eigenvalue weighted by atomic mass is 9.84. The van der Waals surface area contributed by atoms with E-state index in [1.54, 1.807) is 17.0 Å². The minimum Gasteiger partial charge on any atom is -0.480 e. The molecule has 2 fully saturated rings. The zero-order valence-electron chi connectivity index (χ0n) is 13.7. The highest BCUT2D eigenvalue weighted by Gasteiger charge is 2.47. The normalized spacial score (nSPS) is 25.6. The second kappa shape index (κ2) is 6.27. The largest absolute Gasteiger partial charge is 0.480 e. The molecule has 2 aromatic heterocycles. The van der Waals surface area contributed by atoms with Crippen LogP contribution in [0, 0.1) is 5.92 Å². The summed E-state index contributed by atoms with van der Waals surface area (Å²) in [5.41, 5.74) is 0.404. The lowest BCUT2D eigenvalue weighted by Gasteiger charge is -2.33. The number of nitrogens with zero attached hydrogens (tertiary/aromatic N) is 5. The van der Waals surface area contributed by atoms with Gasteiger partial charge in [-0.3, -0.25) is 4.79 Å². The Bertz CT molecular complexity index is 774. The van der Waals surface area contributed by atoms with Crippen LogP contribution in [-0.2, 0) is 4.79 Å². The van der Waals surface area contributed by atoms with Gasteiger partial charge in [0.2, 0.25) is 0 Å². The summed E-state index contributed by atoms with van der Waals surface area (Å²) in [6.45, 7) is 0. The smallest absolute Gasteiger partial charge is 0.326 e. The number of aliphatic carboxylic acids is 1. The topological polar surface area (TPSA) is 101 Å². The van der Waals surface area contributed by atoms with Gasteiger partial charge in [-0.1, -0.05) is 12.8 Å². The first kappa shape index (κ1) is 15.7. The quantitative estimate of drug-likeness (QED) is 0.908. The van der Waals surface area contributed by atoms with E-state index in [2.05, 4.69) is 15.1 Å². The number of carbonyl (C=O) groups is 2. The molecule has 1 N–H and O–H groups in total. The molecule has 4 rings (SSSR count). The fraction of sp³-hybridized carbons (Fsp3) is 0.471. The summed E-state index contributed by atoms with van der Waals surface area (Å²) in [5.74, 6) is -0.323. The molecule has 1 amide bonds. The third-order valence-corrected chi connectivity index (χ3v) is 5.26. The standard InChI is InChI=1S/C17H19N5O3/c23-16(12-5-6-15(19-8-12)21-10-18-9-20-21)22-13-4-2-1-3-11(13)7-14(22)17(24)25/h5-6,8-11,13-14H,1-4,7H2,(H,24,25)/t11-,13-,14-/m0/s1. The van der Waals surface area contributed by atoms with Crippen molar-refractivity contribution in [1.82, 2.24) is 24.6 Å². The molecule has 2 aliphatic rings. The van der Waals surface area contributed by atoms with Gasteiger partial charge in [0, 0.05) is 12.2 Å². The van der Waals surface area contributed by atoms with E-state index in [4.69, 9.17) is 0 Å². The summed E-state index contributed by atoms with van der Waals surface area (Å²) >= 11 is 0. The van der Waals surface area contributed by atoms with Gasteiger partial charge in [0.1, 0.15) is 18.7 Å². The minimum absolute atomic E-state index is 0.0253. The number of rotatable bonds is 3. The first-order valence-corrected chi connectivity index (χ1v) is 8.51. The van der Waals surface area contributed by atoms with E-state index >= 15 is 0 Å². The van der Waals surface area contributed by atoms with Crippen molar-refractivity contribution in [1.29, 1.82) is 0 Å². The van der Waals surface area contributed by atoms with E-state index in [1.165, 1.54) is 23.5 Å². The van der Waals surface area contributed by atoms with Crippen molar-refractivity contribution in [2.24, 2.45) is 5.92 Å². The zero-order valence-corrected chi connectivity index (χ0v) is 13.7. The molecule has 0 radical (unpaired) electrons. The molecule has 1 saturated carbocycles. The highest BCUT2D eigenvalue weighted by atomic mass is 16.4. The van der Waals surface area contributed by atoms with Gasteiger partial charge in [0.05, 0.1) is 5.56 Å². The Morgan fingerprint density at radius 1 is 1.20 bits per heavy atom. The first-order chi connectivity index (χ1) is 12.1. The van der Waals surface area contributed by atoms with E-state index in [1.807, 2.05) is 0 Å². The van der Waals surface area contributed by atoms with Crippen molar-refractivity contribution in [2.75, 3.05) is 0 Å². The Morgan fingerprint density at radius 3 is 2.72 bits per heavy atom. The molecule has 1 aliphatic carbocycles. The van der Waals surface area contributed by atoms with E-state index in [9.17, 15) is 14.7 Å². The lowest BCUT2D eigenvalue weighted by molar-refractivity contribution is -0.141. The van der Waals surface area contributed by atoms with Crippen LogP contribution in [0.3, 0.4) is 0 Å². The molecule has 0 aromatic carbocycles. The summed E-state index contributed by atoms with van der Waals surface area (Å²) in [6.07, 6.45) is 9.00. The van der Waals surface area contributed by atoms with Crippen molar-refractivity contribution < 1.29 is 14.7 Å². The maximum absolute atomic E-state index is 13.0. The Hall–Kier alpha value is -2.77. The van der Waals surface area contributed by atoms with Crippen LogP contribution >= 0.6 is 0 Å². The number of amides is 1. The molecule has 3 atom stereocenters. The van der Waals surface area contributed by atoms with Crippen LogP contribution in [0.5, 0.6) is 0 Å². The van der Waals surface area contributed by atoms with Crippen LogP contribution in [0.15, 0.2) is 31.0 Å². The predicted octanol–water partition coefficient (Wildman–Crippen LogP) is 1.52. The summed E-state index contributed by atoms with van der Waals surface area (Å²) in [7, 11) is 0. The number of fused-ring (bicyclic) bond motifs is 1. The predicted molar refractivity (Wildman–Crippen MR) is 87.1 cm³/mol. The van der Waals surface area contributed by atoms with Gasteiger partial charge in [-0.2, -0.15) is 5.10 Å². The number of hydrogen-bond acceptors (Lipinski definition) is 5. The third kappa shape index (κ3) is 2.77. The molecular weight excluding hydrogens is 322 g/mol. The molecular formula is C17H19N5O3. The first-order valence-electron chi connectivity index (χ1n) is 8.51. The van der Waals surface area contributed by atoms with E-state index < -0.39 is 12.0 Å². The number of carbonyl (C=O) groups excluding carboxylic acids is 1.